The molecule has 0 aliphatic rings. The van der Waals surface area contributed by atoms with Crippen molar-refractivity contribution in [2.24, 2.45) is 5.73 Å². The van der Waals surface area contributed by atoms with E-state index < -0.39 is 5.97 Å². The number of hydrogen-bond donors (Lipinski definition) is 1. The fraction of sp³-hybridized carbons (Fsp3) is 0.190. The topological polar surface area (TPSA) is 83.0 Å². The number of aromatic nitrogens is 3. The lowest BCUT2D eigenvalue weighted by atomic mass is 10.1. The molecule has 8 heteroatoms. The van der Waals surface area contributed by atoms with E-state index in [1.165, 1.54) is 0 Å². The molecule has 2 N–H and O–H groups in total. The Hall–Kier alpha value is -2.67. The zero-order chi connectivity index (χ0) is 19.1. The third-order valence-electron chi connectivity index (χ3n) is 3.93. The van der Waals surface area contributed by atoms with Crippen molar-refractivity contribution in [1.29, 1.82) is 0 Å². The summed E-state index contributed by atoms with van der Waals surface area (Å²) in [6, 6.07) is 15.5. The summed E-state index contributed by atoms with van der Waals surface area (Å²) in [5.74, 6) is -0.400. The molecule has 0 bridgehead atoms. The second-order valence-corrected chi connectivity index (χ2v) is 5.86. The third kappa shape index (κ3) is 6.42. The SMILES string of the molecule is CCOC(=O)c1cc(-c2ccnc(/C=C/c3ccccc3)c2)nn1CCN.Cl.Cl. The van der Waals surface area contributed by atoms with E-state index in [1.54, 1.807) is 23.9 Å². The average molecular weight is 435 g/mol. The van der Waals surface area contributed by atoms with Crippen LogP contribution in [0, 0.1) is 0 Å². The number of esters is 1. The van der Waals surface area contributed by atoms with Gasteiger partial charge in [0.2, 0.25) is 0 Å². The first-order valence-electron chi connectivity index (χ1n) is 8.86. The molecule has 0 aliphatic heterocycles. The van der Waals surface area contributed by atoms with Gasteiger partial charge in [-0.15, -0.1) is 24.8 Å². The van der Waals surface area contributed by atoms with Gasteiger partial charge >= 0.3 is 5.97 Å². The van der Waals surface area contributed by atoms with Crippen molar-refractivity contribution in [3.05, 3.63) is 71.7 Å². The van der Waals surface area contributed by atoms with Gasteiger partial charge in [0, 0.05) is 18.3 Å². The number of pyridine rings is 1. The Kier molecular flexibility index (Phi) is 10.1. The maximum atomic E-state index is 12.2. The standard InChI is InChI=1S/C21H22N4O2.2ClH/c1-2-27-21(26)20-15-19(24-25(20)13-11-22)17-10-12-23-18(14-17)9-8-16-6-4-3-5-7-16;;/h3-10,12,14-15H,2,11,13,22H2,1H3;2*1H/b9-8+;;. The highest BCUT2D eigenvalue weighted by molar-refractivity contribution is 5.89. The Morgan fingerprint density at radius 1 is 1.14 bits per heavy atom. The quantitative estimate of drug-likeness (QED) is 0.565. The van der Waals surface area contributed by atoms with Gasteiger partial charge < -0.3 is 10.5 Å². The van der Waals surface area contributed by atoms with Crippen molar-refractivity contribution < 1.29 is 9.53 Å². The van der Waals surface area contributed by atoms with Crippen LogP contribution in [0.25, 0.3) is 23.4 Å². The zero-order valence-corrected chi connectivity index (χ0v) is 17.7. The summed E-state index contributed by atoms with van der Waals surface area (Å²) in [5, 5.41) is 4.52. The summed E-state index contributed by atoms with van der Waals surface area (Å²) >= 11 is 0. The predicted octanol–water partition coefficient (Wildman–Crippen LogP) is 4.09. The lowest BCUT2D eigenvalue weighted by Gasteiger charge is -2.04. The van der Waals surface area contributed by atoms with Crippen LogP contribution in [-0.2, 0) is 11.3 Å². The Balaban J connectivity index is 0.00000210. The Morgan fingerprint density at radius 3 is 2.59 bits per heavy atom. The predicted molar refractivity (Wildman–Crippen MR) is 120 cm³/mol. The summed E-state index contributed by atoms with van der Waals surface area (Å²) in [6.07, 6.45) is 5.68. The molecule has 3 rings (SSSR count). The van der Waals surface area contributed by atoms with Crippen LogP contribution in [0.1, 0.15) is 28.7 Å². The van der Waals surface area contributed by atoms with Gasteiger partial charge in [-0.2, -0.15) is 5.10 Å². The van der Waals surface area contributed by atoms with Crippen LogP contribution < -0.4 is 5.73 Å². The summed E-state index contributed by atoms with van der Waals surface area (Å²) < 4.78 is 6.70. The van der Waals surface area contributed by atoms with Gasteiger partial charge in [-0.3, -0.25) is 9.67 Å². The molecule has 2 heterocycles. The summed E-state index contributed by atoms with van der Waals surface area (Å²) in [7, 11) is 0. The average Bonchev–Trinajstić information content (AvgIpc) is 3.12. The van der Waals surface area contributed by atoms with E-state index in [2.05, 4.69) is 10.1 Å². The molecule has 0 saturated carbocycles. The van der Waals surface area contributed by atoms with Crippen LogP contribution in [0.5, 0.6) is 0 Å². The highest BCUT2D eigenvalue weighted by Gasteiger charge is 2.17. The Labute approximate surface area is 182 Å². The molecule has 0 atom stereocenters. The molecule has 1 aromatic carbocycles. The van der Waals surface area contributed by atoms with Crippen LogP contribution in [0.4, 0.5) is 0 Å². The zero-order valence-electron chi connectivity index (χ0n) is 16.0. The highest BCUT2D eigenvalue weighted by Crippen LogP contribution is 2.21. The number of carbonyl (C=O) groups is 1. The molecular formula is C21H24Cl2N4O2. The van der Waals surface area contributed by atoms with Gasteiger partial charge in [0.25, 0.3) is 0 Å². The van der Waals surface area contributed by atoms with Crippen LogP contribution in [0.3, 0.4) is 0 Å². The second kappa shape index (κ2) is 12.0. The normalized spacial score (nSPS) is 10.3. The molecule has 0 aliphatic carbocycles. The van der Waals surface area contributed by atoms with Crippen molar-refractivity contribution in [2.45, 2.75) is 13.5 Å². The first-order chi connectivity index (χ1) is 13.2. The maximum absolute atomic E-state index is 12.2. The van der Waals surface area contributed by atoms with E-state index in [0.29, 0.717) is 31.1 Å². The second-order valence-electron chi connectivity index (χ2n) is 5.86. The van der Waals surface area contributed by atoms with Crippen molar-refractivity contribution in [3.8, 4) is 11.3 Å². The number of benzene rings is 1. The maximum Gasteiger partial charge on any atom is 0.356 e. The minimum Gasteiger partial charge on any atom is -0.461 e. The molecule has 0 fully saturated rings. The fourth-order valence-corrected chi connectivity index (χ4v) is 2.66. The van der Waals surface area contributed by atoms with Crippen LogP contribution in [-0.4, -0.2) is 33.9 Å². The van der Waals surface area contributed by atoms with Crippen LogP contribution in [0.2, 0.25) is 0 Å². The molecule has 29 heavy (non-hydrogen) atoms. The molecule has 0 unspecified atom stereocenters. The third-order valence-corrected chi connectivity index (χ3v) is 3.93. The molecule has 6 nitrogen and oxygen atoms in total. The van der Waals surface area contributed by atoms with E-state index in [4.69, 9.17) is 10.5 Å². The Bertz CT molecular complexity index is 943. The summed E-state index contributed by atoms with van der Waals surface area (Å²) in [4.78, 5) is 16.5. The van der Waals surface area contributed by atoms with E-state index in [-0.39, 0.29) is 24.8 Å². The van der Waals surface area contributed by atoms with Gasteiger partial charge in [0.05, 0.1) is 24.5 Å². The van der Waals surface area contributed by atoms with Gasteiger partial charge in [0.1, 0.15) is 5.69 Å². The van der Waals surface area contributed by atoms with E-state index in [1.807, 2.05) is 54.6 Å². The van der Waals surface area contributed by atoms with Crippen molar-refractivity contribution in [2.75, 3.05) is 13.2 Å². The van der Waals surface area contributed by atoms with E-state index in [9.17, 15) is 4.79 Å². The highest BCUT2D eigenvalue weighted by atomic mass is 35.5. The van der Waals surface area contributed by atoms with Crippen molar-refractivity contribution >= 4 is 42.9 Å². The summed E-state index contributed by atoms with van der Waals surface area (Å²) in [6.45, 7) is 2.91. The molecule has 0 amide bonds. The monoisotopic (exact) mass is 434 g/mol. The first-order valence-corrected chi connectivity index (χ1v) is 8.86. The van der Waals surface area contributed by atoms with Gasteiger partial charge in [-0.1, -0.05) is 36.4 Å². The molecule has 0 saturated heterocycles. The minimum atomic E-state index is -0.400. The molecule has 3 aromatic rings. The molecule has 154 valence electrons. The lowest BCUT2D eigenvalue weighted by molar-refractivity contribution is 0.0512. The van der Waals surface area contributed by atoms with Gasteiger partial charge in [-0.05, 0) is 36.8 Å². The number of hydrogen-bond acceptors (Lipinski definition) is 5. The van der Waals surface area contributed by atoms with E-state index >= 15 is 0 Å². The van der Waals surface area contributed by atoms with Crippen LogP contribution in [0.15, 0.2) is 54.7 Å². The number of carbonyl (C=O) groups excluding carboxylic acids is 1. The molecular weight excluding hydrogens is 411 g/mol. The lowest BCUT2D eigenvalue weighted by Crippen LogP contribution is -2.17. The number of nitrogens with zero attached hydrogens (tertiary/aromatic N) is 3. The smallest absolute Gasteiger partial charge is 0.356 e. The number of halogens is 2. The number of nitrogens with two attached hydrogens (primary N) is 1. The molecule has 0 spiro atoms. The van der Waals surface area contributed by atoms with E-state index in [0.717, 1.165) is 16.8 Å². The van der Waals surface area contributed by atoms with Crippen molar-refractivity contribution in [3.63, 3.8) is 0 Å². The minimum absolute atomic E-state index is 0. The van der Waals surface area contributed by atoms with Gasteiger partial charge in [0.15, 0.2) is 0 Å². The molecule has 2 aromatic heterocycles. The summed E-state index contributed by atoms with van der Waals surface area (Å²) in [5.41, 5.74) is 9.50. The van der Waals surface area contributed by atoms with Gasteiger partial charge in [-0.25, -0.2) is 4.79 Å². The number of ether oxygens (including phenoxy) is 1. The first kappa shape index (κ1) is 24.4. The van der Waals surface area contributed by atoms with Crippen LogP contribution >= 0.6 is 24.8 Å². The van der Waals surface area contributed by atoms with Crippen molar-refractivity contribution in [1.82, 2.24) is 14.8 Å². The Morgan fingerprint density at radius 2 is 1.90 bits per heavy atom. The molecule has 0 radical (unpaired) electrons. The number of rotatable bonds is 7. The largest absolute Gasteiger partial charge is 0.461 e. The fourth-order valence-electron chi connectivity index (χ4n) is 2.66.